The van der Waals surface area contributed by atoms with E-state index < -0.39 is 28.6 Å². The second-order valence-electron chi connectivity index (χ2n) is 2.53. The molecule has 0 aromatic heterocycles. The molecular weight excluding hydrogens is 200 g/mol. The third-order valence-corrected chi connectivity index (χ3v) is 1.99. The van der Waals surface area contributed by atoms with Crippen molar-refractivity contribution in [2.24, 2.45) is 0 Å². The summed E-state index contributed by atoms with van der Waals surface area (Å²) in [4.78, 5) is 0. The van der Waals surface area contributed by atoms with Crippen LogP contribution in [0.15, 0.2) is 0 Å². The maximum atomic E-state index is 10.1. The Labute approximate surface area is 76.9 Å². The molecule has 0 radical (unpaired) electrons. The van der Waals surface area contributed by atoms with Crippen LogP contribution in [0.25, 0.3) is 0 Å². The summed E-state index contributed by atoms with van der Waals surface area (Å²) < 4.78 is 35.0. The van der Waals surface area contributed by atoms with Crippen LogP contribution in [0, 0.1) is 0 Å². The molecule has 0 amide bonds. The summed E-state index contributed by atoms with van der Waals surface area (Å²) in [5.74, 6) is -0.470. The fourth-order valence-electron chi connectivity index (χ4n) is 0.610. The van der Waals surface area contributed by atoms with Gasteiger partial charge in [-0.15, -0.1) is 0 Å². The SMILES string of the molecule is O=S(=O)([O-])CCCOCC(O)CO. The minimum atomic E-state index is -4.17. The van der Waals surface area contributed by atoms with E-state index in [1.807, 2.05) is 0 Å². The van der Waals surface area contributed by atoms with Crippen molar-refractivity contribution in [1.29, 1.82) is 0 Å². The Morgan fingerprint density at radius 3 is 2.54 bits per heavy atom. The van der Waals surface area contributed by atoms with Crippen molar-refractivity contribution in [3.05, 3.63) is 0 Å². The van der Waals surface area contributed by atoms with Gasteiger partial charge in [0.05, 0.1) is 23.3 Å². The topological polar surface area (TPSA) is 107 Å². The lowest BCUT2D eigenvalue weighted by Gasteiger charge is -2.09. The van der Waals surface area contributed by atoms with E-state index in [0.717, 1.165) is 0 Å². The molecule has 0 spiro atoms. The number of aliphatic hydroxyl groups is 2. The van der Waals surface area contributed by atoms with Crippen molar-refractivity contribution in [1.82, 2.24) is 0 Å². The summed E-state index contributed by atoms with van der Waals surface area (Å²) >= 11 is 0. The molecule has 0 aromatic rings. The van der Waals surface area contributed by atoms with Gasteiger partial charge in [0.2, 0.25) is 0 Å². The Bertz CT molecular complexity index is 211. The summed E-state index contributed by atoms with van der Waals surface area (Å²) in [6.45, 7) is -0.381. The van der Waals surface area contributed by atoms with Gasteiger partial charge in [0.25, 0.3) is 0 Å². The van der Waals surface area contributed by atoms with Crippen molar-refractivity contribution in [2.75, 3.05) is 25.6 Å². The molecule has 1 unspecified atom stereocenters. The molecule has 0 saturated carbocycles. The van der Waals surface area contributed by atoms with Gasteiger partial charge in [-0.2, -0.15) is 0 Å². The summed E-state index contributed by atoms with van der Waals surface area (Å²) in [5, 5.41) is 17.1. The van der Waals surface area contributed by atoms with Gasteiger partial charge in [-0.3, -0.25) is 0 Å². The molecule has 0 fully saturated rings. The third-order valence-electron chi connectivity index (χ3n) is 1.20. The molecule has 0 aliphatic carbocycles. The Morgan fingerprint density at radius 2 is 2.08 bits per heavy atom. The second-order valence-corrected chi connectivity index (χ2v) is 4.05. The minimum absolute atomic E-state index is 0.0601. The number of aliphatic hydroxyl groups excluding tert-OH is 2. The van der Waals surface area contributed by atoms with Crippen LogP contribution >= 0.6 is 0 Å². The molecule has 80 valence electrons. The van der Waals surface area contributed by atoms with E-state index >= 15 is 0 Å². The summed E-state index contributed by atoms with van der Waals surface area (Å²) in [7, 11) is -4.17. The molecule has 7 heteroatoms. The van der Waals surface area contributed by atoms with E-state index in [0.29, 0.717) is 0 Å². The number of rotatable bonds is 7. The van der Waals surface area contributed by atoms with Gasteiger partial charge in [-0.05, 0) is 6.42 Å². The van der Waals surface area contributed by atoms with Crippen LogP contribution in [0.2, 0.25) is 0 Å². The molecule has 1 atom stereocenters. The first kappa shape index (κ1) is 12.8. The average Bonchev–Trinajstić information content (AvgIpc) is 2.01. The van der Waals surface area contributed by atoms with E-state index in [9.17, 15) is 13.0 Å². The van der Waals surface area contributed by atoms with Gasteiger partial charge in [0, 0.05) is 12.4 Å². The smallest absolute Gasteiger partial charge is 0.100 e. The van der Waals surface area contributed by atoms with Gasteiger partial charge in [0.15, 0.2) is 0 Å². The van der Waals surface area contributed by atoms with Gasteiger partial charge in [-0.1, -0.05) is 0 Å². The average molecular weight is 213 g/mol. The maximum Gasteiger partial charge on any atom is 0.100 e. The van der Waals surface area contributed by atoms with Crippen LogP contribution in [0.4, 0.5) is 0 Å². The maximum absolute atomic E-state index is 10.1. The highest BCUT2D eigenvalue weighted by Gasteiger charge is 2.01. The molecule has 0 aromatic carbocycles. The molecule has 0 heterocycles. The third kappa shape index (κ3) is 9.71. The predicted octanol–water partition coefficient (Wildman–Crippen LogP) is -1.71. The van der Waals surface area contributed by atoms with Crippen LogP contribution in [0.5, 0.6) is 0 Å². The zero-order chi connectivity index (χ0) is 10.3. The fraction of sp³-hybridized carbons (Fsp3) is 1.00. The fourth-order valence-corrected chi connectivity index (χ4v) is 1.08. The quantitative estimate of drug-likeness (QED) is 0.385. The van der Waals surface area contributed by atoms with Crippen molar-refractivity contribution < 1.29 is 27.9 Å². The molecule has 0 aliphatic rings. The summed E-state index contributed by atoms with van der Waals surface area (Å²) in [6, 6.07) is 0. The highest BCUT2D eigenvalue weighted by molar-refractivity contribution is 7.85. The van der Waals surface area contributed by atoms with Crippen LogP contribution < -0.4 is 0 Å². The molecule has 0 rings (SSSR count). The lowest BCUT2D eigenvalue weighted by molar-refractivity contribution is 0.00661. The molecule has 6 nitrogen and oxygen atoms in total. The number of hydrogen-bond acceptors (Lipinski definition) is 6. The monoisotopic (exact) mass is 213 g/mol. The molecular formula is C6H13O6S-. The van der Waals surface area contributed by atoms with Gasteiger partial charge < -0.3 is 19.5 Å². The predicted molar refractivity (Wildman–Crippen MR) is 43.1 cm³/mol. The van der Waals surface area contributed by atoms with Gasteiger partial charge in [-0.25, -0.2) is 8.42 Å². The van der Waals surface area contributed by atoms with Gasteiger partial charge >= 0.3 is 0 Å². The van der Waals surface area contributed by atoms with Crippen molar-refractivity contribution in [3.63, 3.8) is 0 Å². The molecule has 2 N–H and O–H groups in total. The first-order valence-corrected chi connectivity index (χ1v) is 5.33. The van der Waals surface area contributed by atoms with Crippen molar-refractivity contribution in [2.45, 2.75) is 12.5 Å². The zero-order valence-corrected chi connectivity index (χ0v) is 7.87. The zero-order valence-electron chi connectivity index (χ0n) is 7.05. The van der Waals surface area contributed by atoms with E-state index in [-0.39, 0.29) is 19.6 Å². The Morgan fingerprint density at radius 1 is 1.46 bits per heavy atom. The van der Waals surface area contributed by atoms with Crippen LogP contribution in [0.1, 0.15) is 6.42 Å². The van der Waals surface area contributed by atoms with Crippen molar-refractivity contribution in [3.8, 4) is 0 Å². The minimum Gasteiger partial charge on any atom is -0.748 e. The molecule has 0 saturated heterocycles. The van der Waals surface area contributed by atoms with Crippen molar-refractivity contribution >= 4 is 10.1 Å². The largest absolute Gasteiger partial charge is 0.748 e. The molecule has 0 bridgehead atoms. The van der Waals surface area contributed by atoms with Gasteiger partial charge in [0.1, 0.15) is 6.10 Å². The highest BCUT2D eigenvalue weighted by atomic mass is 32.2. The highest BCUT2D eigenvalue weighted by Crippen LogP contribution is 1.90. The normalized spacial score (nSPS) is 14.4. The number of hydrogen-bond donors (Lipinski definition) is 2. The Balaban J connectivity index is 3.27. The van der Waals surface area contributed by atoms with E-state index in [1.165, 1.54) is 0 Å². The van der Waals surface area contributed by atoms with E-state index in [2.05, 4.69) is 0 Å². The molecule has 0 aliphatic heterocycles. The lowest BCUT2D eigenvalue weighted by atomic mass is 10.4. The number of ether oxygens (including phenoxy) is 1. The first-order valence-electron chi connectivity index (χ1n) is 3.76. The Hall–Kier alpha value is -0.210. The van der Waals surface area contributed by atoms with Crippen LogP contribution in [-0.4, -0.2) is 54.9 Å². The molecule has 13 heavy (non-hydrogen) atoms. The lowest BCUT2D eigenvalue weighted by Crippen LogP contribution is -2.20. The summed E-state index contributed by atoms with van der Waals surface area (Å²) in [6.07, 6.45) is -0.854. The van der Waals surface area contributed by atoms with E-state index in [1.54, 1.807) is 0 Å². The second kappa shape index (κ2) is 6.28. The summed E-state index contributed by atoms with van der Waals surface area (Å²) in [5.41, 5.74) is 0. The van der Waals surface area contributed by atoms with E-state index in [4.69, 9.17) is 14.9 Å². The standard InChI is InChI=1S/C6H14O6S/c7-4-6(8)5-12-2-1-3-13(9,10)11/h6-8H,1-5H2,(H,9,10,11)/p-1. The Kier molecular flexibility index (Phi) is 6.17. The first-order chi connectivity index (χ1) is 5.95. The van der Waals surface area contributed by atoms with Crippen LogP contribution in [0.3, 0.4) is 0 Å². The van der Waals surface area contributed by atoms with Crippen LogP contribution in [-0.2, 0) is 14.9 Å².